The van der Waals surface area contributed by atoms with Crippen molar-refractivity contribution in [2.24, 2.45) is 17.8 Å². The highest BCUT2D eigenvalue weighted by molar-refractivity contribution is 14.1. The molecule has 2 saturated carbocycles. The van der Waals surface area contributed by atoms with Gasteiger partial charge in [0.15, 0.2) is 11.6 Å². The number of halogens is 4. The molecule has 2 aliphatic carbocycles. The van der Waals surface area contributed by atoms with Gasteiger partial charge in [0.05, 0.1) is 0 Å². The zero-order valence-electron chi connectivity index (χ0n) is 24.1. The summed E-state index contributed by atoms with van der Waals surface area (Å²) < 4.78 is 51.9. The maximum Gasteiger partial charge on any atom is 0.201 e. The third-order valence-electron chi connectivity index (χ3n) is 9.54. The van der Waals surface area contributed by atoms with Gasteiger partial charge in [-0.2, -0.15) is 4.39 Å². The van der Waals surface area contributed by atoms with Gasteiger partial charge in [0.25, 0.3) is 0 Å². The number of hydrogen-bond acceptors (Lipinski definition) is 1. The molecule has 0 amide bonds. The zero-order valence-corrected chi connectivity index (χ0v) is 26.3. The van der Waals surface area contributed by atoms with E-state index in [0.717, 1.165) is 36.2 Å². The molecule has 3 aromatic rings. The molecule has 0 N–H and O–H groups in total. The molecule has 0 bridgehead atoms. The van der Waals surface area contributed by atoms with Crippen LogP contribution in [-0.2, 0) is 0 Å². The first-order chi connectivity index (χ1) is 20.5. The van der Waals surface area contributed by atoms with Crippen LogP contribution in [0.2, 0.25) is 0 Å². The summed E-state index contributed by atoms with van der Waals surface area (Å²) in [6.07, 6.45) is 16.6. The third kappa shape index (κ3) is 7.32. The first kappa shape index (κ1) is 30.9. The fraction of sp³-hybridized carbons (Fsp3) is 0.405. The lowest BCUT2D eigenvalue weighted by Gasteiger charge is -2.38. The Morgan fingerprint density at radius 3 is 2.00 bits per heavy atom. The van der Waals surface area contributed by atoms with Crippen LogP contribution in [0.5, 0.6) is 5.75 Å². The first-order valence-electron chi connectivity index (χ1n) is 15.4. The minimum Gasteiger partial charge on any atom is -0.486 e. The average molecular weight is 685 g/mol. The second-order valence-corrected chi connectivity index (χ2v) is 12.7. The van der Waals surface area contributed by atoms with Gasteiger partial charge in [0.2, 0.25) is 5.82 Å². The molecule has 3 aromatic carbocycles. The summed E-state index contributed by atoms with van der Waals surface area (Å²) in [5.41, 5.74) is 2.97. The summed E-state index contributed by atoms with van der Waals surface area (Å²) in [6, 6.07) is 15.5. The Hall–Kier alpha value is -2.54. The maximum absolute atomic E-state index is 15.4. The van der Waals surface area contributed by atoms with Crippen molar-refractivity contribution < 1.29 is 17.9 Å². The molecule has 0 unspecified atom stereocenters. The van der Waals surface area contributed by atoms with Gasteiger partial charge in [-0.15, -0.1) is 0 Å². The van der Waals surface area contributed by atoms with E-state index in [1.807, 2.05) is 6.07 Å². The number of benzene rings is 3. The van der Waals surface area contributed by atoms with Crippen LogP contribution in [0.15, 0.2) is 77.4 Å². The monoisotopic (exact) mass is 684 g/mol. The van der Waals surface area contributed by atoms with Gasteiger partial charge in [-0.05, 0) is 114 Å². The third-order valence-corrected chi connectivity index (χ3v) is 10.0. The molecule has 0 spiro atoms. The Morgan fingerprint density at radius 1 is 0.762 bits per heavy atom. The van der Waals surface area contributed by atoms with Crippen molar-refractivity contribution in [3.8, 4) is 28.0 Å². The molecule has 2 aliphatic rings. The number of rotatable bonds is 10. The van der Waals surface area contributed by atoms with E-state index in [1.54, 1.807) is 30.3 Å². The van der Waals surface area contributed by atoms with Crippen LogP contribution in [0.1, 0.15) is 75.7 Å². The highest BCUT2D eigenvalue weighted by Gasteiger charge is 2.31. The van der Waals surface area contributed by atoms with E-state index < -0.39 is 11.6 Å². The summed E-state index contributed by atoms with van der Waals surface area (Å²) in [6.45, 7) is 3.61. The largest absolute Gasteiger partial charge is 0.486 e. The normalized spacial score (nSPS) is 22.8. The van der Waals surface area contributed by atoms with Crippen LogP contribution in [0.4, 0.5) is 13.2 Å². The summed E-state index contributed by atoms with van der Waals surface area (Å²) >= 11 is 2.31. The van der Waals surface area contributed by atoms with Crippen LogP contribution in [0.25, 0.3) is 22.3 Å². The highest BCUT2D eigenvalue weighted by atomic mass is 127. The molecule has 5 rings (SSSR count). The predicted molar refractivity (Wildman–Crippen MR) is 175 cm³/mol. The van der Waals surface area contributed by atoms with Crippen LogP contribution >= 0.6 is 22.6 Å². The minimum absolute atomic E-state index is 0.0917. The molecule has 1 nitrogen and oxygen atoms in total. The lowest BCUT2D eigenvalue weighted by molar-refractivity contribution is 0.157. The molecule has 0 atom stereocenters. The van der Waals surface area contributed by atoms with Crippen molar-refractivity contribution in [1.29, 1.82) is 0 Å². The summed E-state index contributed by atoms with van der Waals surface area (Å²) in [7, 11) is 0. The van der Waals surface area contributed by atoms with E-state index in [-0.39, 0.29) is 23.7 Å². The molecule has 42 heavy (non-hydrogen) atoms. The van der Waals surface area contributed by atoms with Gasteiger partial charge in [-0.25, -0.2) is 8.78 Å². The van der Waals surface area contributed by atoms with Crippen molar-refractivity contribution >= 4 is 22.6 Å². The van der Waals surface area contributed by atoms with Crippen molar-refractivity contribution in [2.75, 3.05) is 6.61 Å². The Kier molecular flexibility index (Phi) is 10.9. The van der Waals surface area contributed by atoms with E-state index >= 15 is 4.39 Å². The molecule has 0 saturated heterocycles. The van der Waals surface area contributed by atoms with Gasteiger partial charge >= 0.3 is 0 Å². The van der Waals surface area contributed by atoms with Crippen LogP contribution in [-0.4, -0.2) is 6.61 Å². The van der Waals surface area contributed by atoms with Gasteiger partial charge in [0, 0.05) is 11.1 Å². The van der Waals surface area contributed by atoms with E-state index in [0.29, 0.717) is 22.6 Å². The highest BCUT2D eigenvalue weighted by Crippen LogP contribution is 2.45. The van der Waals surface area contributed by atoms with E-state index in [1.165, 1.54) is 69.6 Å². The predicted octanol–water partition coefficient (Wildman–Crippen LogP) is 11.8. The van der Waals surface area contributed by atoms with Gasteiger partial charge in [0.1, 0.15) is 12.4 Å². The topological polar surface area (TPSA) is 9.23 Å². The smallest absolute Gasteiger partial charge is 0.201 e. The Morgan fingerprint density at radius 2 is 1.38 bits per heavy atom. The van der Waals surface area contributed by atoms with E-state index in [4.69, 9.17) is 4.74 Å². The molecule has 222 valence electrons. The van der Waals surface area contributed by atoms with Gasteiger partial charge < -0.3 is 4.74 Å². The fourth-order valence-electron chi connectivity index (χ4n) is 7.13. The fourth-order valence-corrected chi connectivity index (χ4v) is 7.49. The van der Waals surface area contributed by atoms with Gasteiger partial charge in [-0.1, -0.05) is 90.6 Å². The maximum atomic E-state index is 15.4. The summed E-state index contributed by atoms with van der Waals surface area (Å²) in [5.74, 6) is 0.631. The van der Waals surface area contributed by atoms with Crippen molar-refractivity contribution in [3.05, 3.63) is 100 Å². The SMILES string of the molecule is C=CCOc1ccc(-c2ccc(-c3ccc(C4CCC(C5CCC(CC/C=C/I)CC5)CC4)cc3F)cc2)c(F)c1F. The Labute approximate surface area is 262 Å². The molecule has 0 radical (unpaired) electrons. The molecule has 0 aromatic heterocycles. The lowest BCUT2D eigenvalue weighted by Crippen LogP contribution is -2.25. The summed E-state index contributed by atoms with van der Waals surface area (Å²) in [5, 5.41) is 0. The quantitative estimate of drug-likeness (QED) is 0.153. The van der Waals surface area contributed by atoms with Crippen LogP contribution in [0, 0.1) is 35.2 Å². The average Bonchev–Trinajstić information content (AvgIpc) is 3.02. The van der Waals surface area contributed by atoms with Gasteiger partial charge in [-0.3, -0.25) is 0 Å². The lowest BCUT2D eigenvalue weighted by atomic mass is 9.68. The second-order valence-electron chi connectivity index (χ2n) is 12.0. The van der Waals surface area contributed by atoms with Crippen LogP contribution in [0.3, 0.4) is 0 Å². The van der Waals surface area contributed by atoms with E-state index in [2.05, 4.69) is 45.4 Å². The Balaban J connectivity index is 1.18. The van der Waals surface area contributed by atoms with E-state index in [9.17, 15) is 8.78 Å². The molecule has 2 fully saturated rings. The standard InChI is InChI=1S/C37H40F3IO/c1-2-23-42-35-21-20-33(36(39)37(35)40)30-16-14-29(15-17-30)32-19-18-31(24-34(32)38)28-12-10-27(11-13-28)26-8-6-25(7-9-26)5-3-4-22-41/h2,4,14-22,24-28H,1,3,5-13,23H2/b22-4+. The second kappa shape index (κ2) is 14.8. The molecular formula is C37H40F3IO. The molecular weight excluding hydrogens is 644 g/mol. The first-order valence-corrected chi connectivity index (χ1v) is 16.6. The molecule has 5 heteroatoms. The number of hydrogen-bond donors (Lipinski definition) is 0. The molecule has 0 heterocycles. The van der Waals surface area contributed by atoms with Crippen molar-refractivity contribution in [1.82, 2.24) is 0 Å². The Bertz CT molecular complexity index is 1370. The van der Waals surface area contributed by atoms with Crippen molar-refractivity contribution in [2.45, 2.75) is 70.1 Å². The number of ether oxygens (including phenoxy) is 1. The zero-order chi connectivity index (χ0) is 29.5. The number of allylic oxidation sites excluding steroid dienone is 1. The minimum atomic E-state index is -1.03. The van der Waals surface area contributed by atoms with Crippen molar-refractivity contribution in [3.63, 3.8) is 0 Å². The summed E-state index contributed by atoms with van der Waals surface area (Å²) in [4.78, 5) is 0. The van der Waals surface area contributed by atoms with Crippen LogP contribution < -0.4 is 4.74 Å². The molecule has 0 aliphatic heterocycles.